The number of ketones is 1. The van der Waals surface area contributed by atoms with Crippen molar-refractivity contribution < 1.29 is 14.3 Å². The molecule has 0 fully saturated rings. The van der Waals surface area contributed by atoms with Gasteiger partial charge in [0.25, 0.3) is 0 Å². The quantitative estimate of drug-likeness (QED) is 0.858. The van der Waals surface area contributed by atoms with Crippen molar-refractivity contribution in [3.8, 4) is 0 Å². The van der Waals surface area contributed by atoms with E-state index in [4.69, 9.17) is 4.74 Å². The number of hydrogen-bond donors (Lipinski definition) is 1. The van der Waals surface area contributed by atoms with Crippen molar-refractivity contribution in [1.29, 1.82) is 0 Å². The zero-order chi connectivity index (χ0) is 18.6. The molecule has 2 aromatic rings. The minimum atomic E-state index is -0.608. The molecule has 136 valence electrons. The molecule has 8 heteroatoms. The Morgan fingerprint density at radius 1 is 1.28 bits per heavy atom. The first kappa shape index (κ1) is 18.8. The number of hydrogen-bond acceptors (Lipinski definition) is 6. The maximum atomic E-state index is 12.0. The fourth-order valence-electron chi connectivity index (χ4n) is 2.62. The summed E-state index contributed by atoms with van der Waals surface area (Å²) in [6.07, 6.45) is 4.59. The topological polar surface area (TPSA) is 99.0 Å². The largest absolute Gasteiger partial charge is 0.444 e. The van der Waals surface area contributed by atoms with Gasteiger partial charge in [0.2, 0.25) is 0 Å². The second-order valence-electron chi connectivity index (χ2n) is 7.02. The van der Waals surface area contributed by atoms with E-state index in [9.17, 15) is 9.59 Å². The fraction of sp³-hybridized carbons (Fsp3) is 0.588. The molecule has 0 aliphatic heterocycles. The Labute approximate surface area is 147 Å². The van der Waals surface area contributed by atoms with Crippen LogP contribution in [0.25, 0.3) is 11.2 Å². The molecule has 0 unspecified atom stereocenters. The lowest BCUT2D eigenvalue weighted by molar-refractivity contribution is -0.117. The summed E-state index contributed by atoms with van der Waals surface area (Å²) in [6.45, 7) is 9.00. The normalized spacial score (nSPS) is 12.8. The summed E-state index contributed by atoms with van der Waals surface area (Å²) in [6, 6.07) is -0.0169. The average Bonchev–Trinajstić information content (AvgIpc) is 2.89. The lowest BCUT2D eigenvalue weighted by Gasteiger charge is -2.19. The highest BCUT2D eigenvalue weighted by molar-refractivity contribution is 5.93. The molecule has 0 saturated heterocycles. The van der Waals surface area contributed by atoms with Crippen molar-refractivity contribution in [3.63, 3.8) is 0 Å². The van der Waals surface area contributed by atoms with Crippen LogP contribution in [0, 0.1) is 0 Å². The lowest BCUT2D eigenvalue weighted by atomic mass is 10.1. The van der Waals surface area contributed by atoms with Crippen molar-refractivity contribution in [1.82, 2.24) is 19.5 Å². The van der Waals surface area contributed by atoms with Crippen molar-refractivity contribution in [2.75, 3.05) is 5.32 Å². The summed E-state index contributed by atoms with van der Waals surface area (Å²) in [5.41, 5.74) is 0.447. The number of aromatic nitrogens is 4. The van der Waals surface area contributed by atoms with E-state index < -0.39 is 11.7 Å². The van der Waals surface area contributed by atoms with E-state index in [1.54, 1.807) is 34.0 Å². The highest BCUT2D eigenvalue weighted by Crippen LogP contribution is 2.25. The minimum Gasteiger partial charge on any atom is -0.444 e. The number of carbonyl (C=O) groups is 2. The van der Waals surface area contributed by atoms with Gasteiger partial charge in [0.05, 0.1) is 6.33 Å². The van der Waals surface area contributed by atoms with E-state index in [0.29, 0.717) is 17.6 Å². The van der Waals surface area contributed by atoms with E-state index in [-0.39, 0.29) is 17.6 Å². The van der Waals surface area contributed by atoms with Gasteiger partial charge in [-0.1, -0.05) is 13.3 Å². The molecule has 0 aliphatic rings. The SMILES string of the molecule is CCC[C@H](CC(C)=O)n1cnc2c(NC(=O)OC(C)(C)C)ncnc21. The van der Waals surface area contributed by atoms with Crippen LogP contribution in [0.4, 0.5) is 10.6 Å². The van der Waals surface area contributed by atoms with Gasteiger partial charge in [0, 0.05) is 12.5 Å². The van der Waals surface area contributed by atoms with Crippen LogP contribution in [0.5, 0.6) is 0 Å². The Kier molecular flexibility index (Phi) is 5.71. The summed E-state index contributed by atoms with van der Waals surface area (Å²) in [5, 5.41) is 2.61. The van der Waals surface area contributed by atoms with Gasteiger partial charge in [-0.15, -0.1) is 0 Å². The number of imidazole rings is 1. The van der Waals surface area contributed by atoms with Gasteiger partial charge in [-0.2, -0.15) is 0 Å². The number of carbonyl (C=O) groups excluding carboxylic acids is 2. The van der Waals surface area contributed by atoms with Crippen molar-refractivity contribution >= 4 is 28.9 Å². The number of rotatable bonds is 6. The number of anilines is 1. The van der Waals surface area contributed by atoms with E-state index >= 15 is 0 Å². The van der Waals surface area contributed by atoms with Crippen LogP contribution in [0.15, 0.2) is 12.7 Å². The standard InChI is InChI=1S/C17H25N5O3/c1-6-7-12(8-11(2)23)22-10-20-13-14(18-9-19-15(13)22)21-16(24)25-17(3,4)5/h9-10,12H,6-8H2,1-5H3,(H,18,19,21,24)/t12-/m1/s1. The molecule has 2 aromatic heterocycles. The second-order valence-corrected chi connectivity index (χ2v) is 7.02. The lowest BCUT2D eigenvalue weighted by Crippen LogP contribution is -2.27. The van der Waals surface area contributed by atoms with E-state index in [1.165, 1.54) is 6.33 Å². The van der Waals surface area contributed by atoms with Crippen LogP contribution in [-0.4, -0.2) is 37.0 Å². The van der Waals surface area contributed by atoms with Gasteiger partial charge in [0.1, 0.15) is 17.7 Å². The molecule has 0 aliphatic carbocycles. The minimum absolute atomic E-state index is 0.0169. The van der Waals surface area contributed by atoms with Crippen molar-refractivity contribution in [2.24, 2.45) is 0 Å². The second kappa shape index (κ2) is 7.58. The zero-order valence-electron chi connectivity index (χ0n) is 15.4. The molecule has 2 rings (SSSR count). The number of nitrogens with zero attached hydrogens (tertiary/aromatic N) is 4. The van der Waals surface area contributed by atoms with Gasteiger partial charge in [-0.25, -0.2) is 19.7 Å². The van der Waals surface area contributed by atoms with E-state index in [1.807, 2.05) is 4.57 Å². The molecule has 0 aromatic carbocycles. The maximum Gasteiger partial charge on any atom is 0.413 e. The predicted molar refractivity (Wildman–Crippen MR) is 94.4 cm³/mol. The van der Waals surface area contributed by atoms with Crippen LogP contribution >= 0.6 is 0 Å². The molecule has 0 spiro atoms. The number of nitrogens with one attached hydrogen (secondary N) is 1. The summed E-state index contributed by atoms with van der Waals surface area (Å²) in [5.74, 6) is 0.400. The molecule has 0 bridgehead atoms. The molecule has 1 N–H and O–H groups in total. The third kappa shape index (κ3) is 4.98. The molecular formula is C17H25N5O3. The number of fused-ring (bicyclic) bond motifs is 1. The molecular weight excluding hydrogens is 322 g/mol. The first-order chi connectivity index (χ1) is 11.7. The highest BCUT2D eigenvalue weighted by atomic mass is 16.6. The van der Waals surface area contributed by atoms with Gasteiger partial charge in [-0.3, -0.25) is 10.1 Å². The Morgan fingerprint density at radius 2 is 2.00 bits per heavy atom. The molecule has 0 saturated carbocycles. The van der Waals surface area contributed by atoms with E-state index in [2.05, 4.69) is 27.2 Å². The molecule has 0 radical (unpaired) electrons. The van der Waals surface area contributed by atoms with Crippen LogP contribution in [0.2, 0.25) is 0 Å². The predicted octanol–water partition coefficient (Wildman–Crippen LogP) is 3.49. The van der Waals surface area contributed by atoms with Crippen LogP contribution in [-0.2, 0) is 9.53 Å². The number of Topliss-reactive ketones (excluding diaryl/α,β-unsaturated/α-hetero) is 1. The zero-order valence-corrected chi connectivity index (χ0v) is 15.4. The van der Waals surface area contributed by atoms with Gasteiger partial charge < -0.3 is 9.30 Å². The van der Waals surface area contributed by atoms with E-state index in [0.717, 1.165) is 12.8 Å². The van der Waals surface area contributed by atoms with Gasteiger partial charge >= 0.3 is 6.09 Å². The third-order valence-electron chi connectivity index (χ3n) is 3.52. The van der Waals surface area contributed by atoms with Crippen LogP contribution < -0.4 is 5.32 Å². The summed E-state index contributed by atoms with van der Waals surface area (Å²) in [7, 11) is 0. The third-order valence-corrected chi connectivity index (χ3v) is 3.52. The Balaban J connectivity index is 2.32. The summed E-state index contributed by atoms with van der Waals surface area (Å²) >= 11 is 0. The first-order valence-electron chi connectivity index (χ1n) is 8.38. The Morgan fingerprint density at radius 3 is 2.60 bits per heavy atom. The van der Waals surface area contributed by atoms with Crippen molar-refractivity contribution in [2.45, 2.75) is 65.5 Å². The van der Waals surface area contributed by atoms with Gasteiger partial charge in [0.15, 0.2) is 17.0 Å². The van der Waals surface area contributed by atoms with Crippen LogP contribution in [0.1, 0.15) is 59.9 Å². The smallest absolute Gasteiger partial charge is 0.413 e. The molecule has 2 heterocycles. The molecule has 1 atom stereocenters. The monoisotopic (exact) mass is 347 g/mol. The Bertz CT molecular complexity index is 763. The first-order valence-corrected chi connectivity index (χ1v) is 8.38. The van der Waals surface area contributed by atoms with Crippen LogP contribution in [0.3, 0.4) is 0 Å². The average molecular weight is 347 g/mol. The van der Waals surface area contributed by atoms with Gasteiger partial charge in [-0.05, 0) is 34.1 Å². The molecule has 8 nitrogen and oxygen atoms in total. The number of ether oxygens (including phenoxy) is 1. The molecule has 1 amide bonds. The van der Waals surface area contributed by atoms with Crippen molar-refractivity contribution in [3.05, 3.63) is 12.7 Å². The maximum absolute atomic E-state index is 12.0. The summed E-state index contributed by atoms with van der Waals surface area (Å²) < 4.78 is 7.12. The fourth-order valence-corrected chi connectivity index (χ4v) is 2.62. The number of amides is 1. The highest BCUT2D eigenvalue weighted by Gasteiger charge is 2.21. The summed E-state index contributed by atoms with van der Waals surface area (Å²) in [4.78, 5) is 36.3. The molecule has 25 heavy (non-hydrogen) atoms. The Hall–Kier alpha value is -2.51.